The van der Waals surface area contributed by atoms with Gasteiger partial charge in [-0.15, -0.1) is 0 Å². The van der Waals surface area contributed by atoms with Gasteiger partial charge in [0.05, 0.1) is 20.1 Å². The van der Waals surface area contributed by atoms with Gasteiger partial charge in [-0.25, -0.2) is 4.79 Å². The number of ether oxygens (including phenoxy) is 2. The van der Waals surface area contributed by atoms with E-state index in [1.54, 1.807) is 13.2 Å². The molecule has 1 aliphatic rings. The molecule has 1 aromatic rings. The second kappa shape index (κ2) is 6.13. The summed E-state index contributed by atoms with van der Waals surface area (Å²) in [5, 5.41) is 11.9. The highest BCUT2D eigenvalue weighted by molar-refractivity contribution is 5.88. The Bertz CT molecular complexity index is 549. The molecule has 1 aliphatic heterocycles. The lowest BCUT2D eigenvalue weighted by molar-refractivity contribution is -0.147. The third-order valence-corrected chi connectivity index (χ3v) is 3.65. The van der Waals surface area contributed by atoms with Crippen LogP contribution in [0, 0.1) is 6.92 Å². The smallest absolute Gasteiger partial charge is 0.331 e. The Morgan fingerprint density at radius 3 is 2.81 bits per heavy atom. The highest BCUT2D eigenvalue weighted by atomic mass is 16.5. The van der Waals surface area contributed by atoms with Gasteiger partial charge in [-0.3, -0.25) is 4.79 Å². The van der Waals surface area contributed by atoms with Gasteiger partial charge < -0.3 is 19.9 Å². The van der Waals surface area contributed by atoms with Crippen LogP contribution in [0.4, 0.5) is 0 Å². The summed E-state index contributed by atoms with van der Waals surface area (Å²) in [4.78, 5) is 23.4. The van der Waals surface area contributed by atoms with Crippen molar-refractivity contribution in [2.75, 3.05) is 20.3 Å². The molecule has 21 heavy (non-hydrogen) atoms. The van der Waals surface area contributed by atoms with Crippen molar-refractivity contribution >= 4 is 11.9 Å². The molecule has 1 atom stereocenters. The second-order valence-corrected chi connectivity index (χ2v) is 5.22. The number of carboxylic acids is 1. The van der Waals surface area contributed by atoms with E-state index < -0.39 is 11.5 Å². The van der Waals surface area contributed by atoms with E-state index in [1.165, 1.54) is 0 Å². The van der Waals surface area contributed by atoms with Gasteiger partial charge in [0.2, 0.25) is 5.91 Å². The van der Waals surface area contributed by atoms with Gasteiger partial charge in [-0.2, -0.15) is 0 Å². The Morgan fingerprint density at radius 2 is 2.24 bits per heavy atom. The van der Waals surface area contributed by atoms with Crippen LogP contribution in [0.3, 0.4) is 0 Å². The van der Waals surface area contributed by atoms with E-state index in [9.17, 15) is 14.7 Å². The maximum atomic E-state index is 12.1. The number of carbonyl (C=O) groups excluding carboxylic acids is 1. The van der Waals surface area contributed by atoms with E-state index >= 15 is 0 Å². The Kier molecular flexibility index (Phi) is 4.47. The monoisotopic (exact) mass is 293 g/mol. The number of nitrogens with one attached hydrogen (secondary N) is 1. The summed E-state index contributed by atoms with van der Waals surface area (Å²) in [5.74, 6) is -0.693. The lowest BCUT2D eigenvalue weighted by atomic mass is 9.98. The Hall–Kier alpha value is -2.08. The molecule has 1 aromatic carbocycles. The van der Waals surface area contributed by atoms with Gasteiger partial charge in [0.25, 0.3) is 0 Å². The maximum Gasteiger partial charge on any atom is 0.331 e. The molecular weight excluding hydrogens is 274 g/mol. The minimum atomic E-state index is -1.30. The normalized spacial score (nSPS) is 21.0. The van der Waals surface area contributed by atoms with E-state index in [0.29, 0.717) is 12.4 Å². The minimum Gasteiger partial charge on any atom is -0.496 e. The largest absolute Gasteiger partial charge is 0.496 e. The fourth-order valence-electron chi connectivity index (χ4n) is 2.36. The predicted molar refractivity (Wildman–Crippen MR) is 75.4 cm³/mol. The molecule has 114 valence electrons. The maximum absolute atomic E-state index is 12.1. The van der Waals surface area contributed by atoms with Crippen molar-refractivity contribution < 1.29 is 24.2 Å². The number of methoxy groups -OCH3 is 1. The summed E-state index contributed by atoms with van der Waals surface area (Å²) in [5.41, 5.74) is 0.452. The van der Waals surface area contributed by atoms with Gasteiger partial charge in [0.1, 0.15) is 5.75 Å². The number of aryl methyl sites for hydroxylation is 1. The van der Waals surface area contributed by atoms with Crippen LogP contribution >= 0.6 is 0 Å². The summed E-state index contributed by atoms with van der Waals surface area (Å²) in [6.07, 6.45) is 0.386. The van der Waals surface area contributed by atoms with Crippen molar-refractivity contribution in [2.45, 2.75) is 25.3 Å². The second-order valence-electron chi connectivity index (χ2n) is 5.22. The fraction of sp³-hybridized carbons (Fsp3) is 0.467. The van der Waals surface area contributed by atoms with Crippen LogP contribution in [0.5, 0.6) is 5.75 Å². The molecule has 0 radical (unpaired) electrons. The molecule has 2 N–H and O–H groups in total. The molecule has 6 heteroatoms. The molecule has 0 bridgehead atoms. The number of rotatable bonds is 5. The third-order valence-electron chi connectivity index (χ3n) is 3.65. The molecule has 1 unspecified atom stereocenters. The predicted octanol–water partition coefficient (Wildman–Crippen LogP) is 0.906. The van der Waals surface area contributed by atoms with Gasteiger partial charge >= 0.3 is 5.97 Å². The first kappa shape index (κ1) is 15.3. The van der Waals surface area contributed by atoms with Crippen LogP contribution in [0.15, 0.2) is 18.2 Å². The Balaban J connectivity index is 2.06. The van der Waals surface area contributed by atoms with Gasteiger partial charge in [-0.1, -0.05) is 12.1 Å². The van der Waals surface area contributed by atoms with Crippen LogP contribution in [-0.4, -0.2) is 42.8 Å². The quantitative estimate of drug-likeness (QED) is 0.843. The van der Waals surface area contributed by atoms with Crippen LogP contribution in [0.2, 0.25) is 0 Å². The number of carbonyl (C=O) groups is 2. The van der Waals surface area contributed by atoms with Gasteiger partial charge in [0, 0.05) is 13.0 Å². The van der Waals surface area contributed by atoms with E-state index in [-0.39, 0.29) is 25.4 Å². The van der Waals surface area contributed by atoms with Crippen molar-refractivity contribution in [3.05, 3.63) is 29.3 Å². The van der Waals surface area contributed by atoms with Crippen molar-refractivity contribution in [3.8, 4) is 5.75 Å². The first-order valence-electron chi connectivity index (χ1n) is 6.72. The Morgan fingerprint density at radius 1 is 1.48 bits per heavy atom. The van der Waals surface area contributed by atoms with E-state index in [0.717, 1.165) is 11.1 Å². The summed E-state index contributed by atoms with van der Waals surface area (Å²) in [6, 6.07) is 5.48. The average molecular weight is 293 g/mol. The SMILES string of the molecule is COc1cc(CC(=O)NC2(C(=O)O)CCOC2)ccc1C. The van der Waals surface area contributed by atoms with Gasteiger partial charge in [0.15, 0.2) is 5.54 Å². The van der Waals surface area contributed by atoms with Crippen molar-refractivity contribution in [3.63, 3.8) is 0 Å². The van der Waals surface area contributed by atoms with E-state index in [2.05, 4.69) is 5.32 Å². The van der Waals surface area contributed by atoms with Crippen LogP contribution in [-0.2, 0) is 20.7 Å². The molecule has 6 nitrogen and oxygen atoms in total. The van der Waals surface area contributed by atoms with Crippen molar-refractivity contribution in [1.82, 2.24) is 5.32 Å². The van der Waals surface area contributed by atoms with E-state index in [1.807, 2.05) is 19.1 Å². The molecule has 0 aliphatic carbocycles. The van der Waals surface area contributed by atoms with Crippen LogP contribution in [0.25, 0.3) is 0 Å². The van der Waals surface area contributed by atoms with Gasteiger partial charge in [-0.05, 0) is 24.1 Å². The number of hydrogen-bond acceptors (Lipinski definition) is 4. The zero-order chi connectivity index (χ0) is 15.5. The zero-order valence-corrected chi connectivity index (χ0v) is 12.1. The highest BCUT2D eigenvalue weighted by Gasteiger charge is 2.43. The third kappa shape index (κ3) is 3.33. The summed E-state index contributed by atoms with van der Waals surface area (Å²) >= 11 is 0. The summed E-state index contributed by atoms with van der Waals surface area (Å²) in [6.45, 7) is 2.26. The summed E-state index contributed by atoms with van der Waals surface area (Å²) < 4.78 is 10.3. The number of benzene rings is 1. The van der Waals surface area contributed by atoms with Crippen LogP contribution in [0.1, 0.15) is 17.5 Å². The Labute approximate surface area is 123 Å². The molecule has 0 aromatic heterocycles. The van der Waals surface area contributed by atoms with Crippen molar-refractivity contribution in [1.29, 1.82) is 0 Å². The topological polar surface area (TPSA) is 84.9 Å². The van der Waals surface area contributed by atoms with Crippen molar-refractivity contribution in [2.24, 2.45) is 0 Å². The summed E-state index contributed by atoms with van der Waals surface area (Å²) in [7, 11) is 1.57. The van der Waals surface area contributed by atoms with E-state index in [4.69, 9.17) is 9.47 Å². The average Bonchev–Trinajstić information content (AvgIpc) is 2.90. The standard InChI is InChI=1S/C15H19NO5/c1-10-3-4-11(7-12(10)20-2)8-13(17)16-15(14(18)19)5-6-21-9-15/h3-4,7H,5-6,8-9H2,1-2H3,(H,16,17)(H,18,19). The first-order chi connectivity index (χ1) is 9.97. The molecule has 1 amide bonds. The lowest BCUT2D eigenvalue weighted by Crippen LogP contribution is -2.55. The number of aliphatic carboxylic acids is 1. The molecule has 0 spiro atoms. The molecular formula is C15H19NO5. The first-order valence-corrected chi connectivity index (χ1v) is 6.72. The molecule has 1 saturated heterocycles. The number of hydrogen-bond donors (Lipinski definition) is 2. The zero-order valence-electron chi connectivity index (χ0n) is 12.1. The molecule has 0 saturated carbocycles. The number of amides is 1. The van der Waals surface area contributed by atoms with Crippen LogP contribution < -0.4 is 10.1 Å². The molecule has 1 fully saturated rings. The highest BCUT2D eigenvalue weighted by Crippen LogP contribution is 2.21. The number of carboxylic acid groups (broad SMARTS) is 1. The molecule has 1 heterocycles. The minimum absolute atomic E-state index is 0.00525. The fourth-order valence-corrected chi connectivity index (χ4v) is 2.36. The molecule has 2 rings (SSSR count). The lowest BCUT2D eigenvalue weighted by Gasteiger charge is -2.23.